The van der Waals surface area contributed by atoms with Crippen LogP contribution in [0.2, 0.25) is 0 Å². The first kappa shape index (κ1) is 23.1. The van der Waals surface area contributed by atoms with E-state index >= 15 is 0 Å². The van der Waals surface area contributed by atoms with E-state index in [0.29, 0.717) is 30.4 Å². The summed E-state index contributed by atoms with van der Waals surface area (Å²) in [5.74, 6) is 1.10. The van der Waals surface area contributed by atoms with Crippen LogP contribution in [0.5, 0.6) is 11.6 Å². The fourth-order valence-corrected chi connectivity index (χ4v) is 3.56. The van der Waals surface area contributed by atoms with Gasteiger partial charge in [0.15, 0.2) is 0 Å². The molecular weight excluding hydrogens is 410 g/mol. The molecule has 1 atom stereocenters. The van der Waals surface area contributed by atoms with Crippen LogP contribution in [0, 0.1) is 13.8 Å². The molecule has 0 bridgehead atoms. The van der Waals surface area contributed by atoms with Crippen LogP contribution >= 0.6 is 0 Å². The van der Waals surface area contributed by atoms with Gasteiger partial charge in [-0.25, -0.2) is 19.6 Å². The van der Waals surface area contributed by atoms with Crippen molar-refractivity contribution in [1.82, 2.24) is 20.2 Å². The number of hydrogen-bond acceptors (Lipinski definition) is 6. The number of hydrogen-bond donors (Lipinski definition) is 2. The summed E-state index contributed by atoms with van der Waals surface area (Å²) in [6.45, 7) is 6.79. The first-order chi connectivity index (χ1) is 15.4. The number of methoxy groups -OCH3 is 1. The third-order valence-corrected chi connectivity index (χ3v) is 5.25. The zero-order valence-corrected chi connectivity index (χ0v) is 18.8. The van der Waals surface area contributed by atoms with E-state index in [1.165, 1.54) is 13.4 Å². The van der Waals surface area contributed by atoms with Gasteiger partial charge in [-0.3, -0.25) is 0 Å². The monoisotopic (exact) mass is 439 g/mol. The van der Waals surface area contributed by atoms with E-state index in [2.05, 4.69) is 20.6 Å². The molecule has 2 heterocycles. The highest BCUT2D eigenvalue weighted by Crippen LogP contribution is 2.27. The molecule has 32 heavy (non-hydrogen) atoms. The van der Waals surface area contributed by atoms with Crippen molar-refractivity contribution in [2.75, 3.05) is 25.5 Å². The summed E-state index contributed by atoms with van der Waals surface area (Å²) in [7, 11) is 1.36. The van der Waals surface area contributed by atoms with Crippen LogP contribution in [0.4, 0.5) is 15.3 Å². The van der Waals surface area contributed by atoms with Crippen LogP contribution < -0.4 is 15.4 Å². The molecule has 9 heteroatoms. The van der Waals surface area contributed by atoms with Crippen molar-refractivity contribution in [3.8, 4) is 11.6 Å². The molecule has 0 spiro atoms. The number of allylic oxidation sites excluding steroid dienone is 1. The minimum atomic E-state index is -0.375. The van der Waals surface area contributed by atoms with Gasteiger partial charge < -0.3 is 25.0 Å². The molecule has 0 radical (unpaired) electrons. The number of nitrogens with zero attached hydrogens (tertiary/aromatic N) is 3. The number of likely N-dealkylation sites (tertiary alicyclic amines) is 1. The molecule has 1 aliphatic rings. The number of anilines is 1. The molecule has 2 N–H and O–H groups in total. The summed E-state index contributed by atoms with van der Waals surface area (Å²) in [5, 5.41) is 5.80. The molecule has 1 fully saturated rings. The number of piperidine rings is 1. The molecule has 1 aromatic carbocycles. The predicted molar refractivity (Wildman–Crippen MR) is 122 cm³/mol. The number of aromatic nitrogens is 2. The van der Waals surface area contributed by atoms with Crippen molar-refractivity contribution in [1.29, 1.82) is 0 Å². The second-order valence-electron chi connectivity index (χ2n) is 7.62. The summed E-state index contributed by atoms with van der Waals surface area (Å²) in [5.41, 5.74) is 3.17. The molecule has 0 saturated carbocycles. The van der Waals surface area contributed by atoms with E-state index in [0.717, 1.165) is 29.7 Å². The third kappa shape index (κ3) is 5.75. The summed E-state index contributed by atoms with van der Waals surface area (Å²) in [4.78, 5) is 34.3. The van der Waals surface area contributed by atoms with E-state index in [4.69, 9.17) is 9.47 Å². The summed E-state index contributed by atoms with van der Waals surface area (Å²) >= 11 is 0. The third-order valence-electron chi connectivity index (χ3n) is 5.25. The number of amides is 3. The molecule has 3 rings (SSSR count). The van der Waals surface area contributed by atoms with Gasteiger partial charge >= 0.3 is 12.1 Å². The maximum Gasteiger partial charge on any atom is 0.409 e. The minimum Gasteiger partial charge on any atom is -0.453 e. The highest BCUT2D eigenvalue weighted by molar-refractivity contribution is 5.90. The maximum atomic E-state index is 12.5. The number of benzene rings is 1. The van der Waals surface area contributed by atoms with Crippen LogP contribution in [0.1, 0.15) is 36.6 Å². The van der Waals surface area contributed by atoms with Gasteiger partial charge in [-0.1, -0.05) is 6.08 Å². The van der Waals surface area contributed by atoms with Gasteiger partial charge in [0.1, 0.15) is 12.1 Å². The standard InChI is InChI=1S/C23H29N5O4/c1-5-7-20-16(3)21(25-14-24-20)32-18-9-10-19(15(2)12-18)27-22(29)26-17-8-6-11-28(13-17)23(30)31-4/h5,7,9-10,12,14,17H,6,8,11,13H2,1-4H3,(H2,26,27,29)/b7-5-. The van der Waals surface area contributed by atoms with Gasteiger partial charge in [-0.05, 0) is 63.5 Å². The van der Waals surface area contributed by atoms with Crippen LogP contribution in [-0.4, -0.2) is 53.2 Å². The van der Waals surface area contributed by atoms with Crippen molar-refractivity contribution in [3.05, 3.63) is 47.4 Å². The Morgan fingerprint density at radius 1 is 1.25 bits per heavy atom. The summed E-state index contributed by atoms with van der Waals surface area (Å²) in [6, 6.07) is 4.96. The fourth-order valence-electron chi connectivity index (χ4n) is 3.56. The number of aryl methyl sites for hydroxylation is 1. The van der Waals surface area contributed by atoms with Crippen LogP contribution in [-0.2, 0) is 4.74 Å². The van der Waals surface area contributed by atoms with E-state index in [1.54, 1.807) is 17.0 Å². The minimum absolute atomic E-state index is 0.127. The molecule has 1 aromatic heterocycles. The maximum absolute atomic E-state index is 12.5. The van der Waals surface area contributed by atoms with Gasteiger partial charge in [-0.15, -0.1) is 0 Å². The smallest absolute Gasteiger partial charge is 0.409 e. The zero-order valence-electron chi connectivity index (χ0n) is 18.8. The van der Waals surface area contributed by atoms with Gasteiger partial charge in [0.25, 0.3) is 0 Å². The van der Waals surface area contributed by atoms with Crippen molar-refractivity contribution in [2.24, 2.45) is 0 Å². The normalized spacial score (nSPS) is 16.0. The Balaban J connectivity index is 1.61. The Morgan fingerprint density at radius 2 is 2.06 bits per heavy atom. The summed E-state index contributed by atoms with van der Waals surface area (Å²) < 4.78 is 10.7. The van der Waals surface area contributed by atoms with Crippen molar-refractivity contribution < 1.29 is 19.1 Å². The Morgan fingerprint density at radius 3 is 2.78 bits per heavy atom. The topological polar surface area (TPSA) is 106 Å². The largest absolute Gasteiger partial charge is 0.453 e. The van der Waals surface area contributed by atoms with Crippen molar-refractivity contribution in [2.45, 2.75) is 39.7 Å². The number of ether oxygens (including phenoxy) is 2. The van der Waals surface area contributed by atoms with Crippen LogP contribution in [0.3, 0.4) is 0 Å². The van der Waals surface area contributed by atoms with Gasteiger partial charge in [0.05, 0.1) is 12.8 Å². The highest BCUT2D eigenvalue weighted by atomic mass is 16.5. The van der Waals surface area contributed by atoms with E-state index in [-0.39, 0.29) is 18.2 Å². The lowest BCUT2D eigenvalue weighted by molar-refractivity contribution is 0.108. The second-order valence-corrected chi connectivity index (χ2v) is 7.62. The van der Waals surface area contributed by atoms with Crippen LogP contribution in [0.25, 0.3) is 6.08 Å². The van der Waals surface area contributed by atoms with Crippen LogP contribution in [0.15, 0.2) is 30.6 Å². The lowest BCUT2D eigenvalue weighted by atomic mass is 10.1. The highest BCUT2D eigenvalue weighted by Gasteiger charge is 2.25. The average Bonchev–Trinajstić information content (AvgIpc) is 2.78. The number of urea groups is 1. The quantitative estimate of drug-likeness (QED) is 0.721. The Bertz CT molecular complexity index is 1010. The molecule has 1 aliphatic heterocycles. The molecule has 9 nitrogen and oxygen atoms in total. The van der Waals surface area contributed by atoms with Gasteiger partial charge in [-0.2, -0.15) is 0 Å². The number of carbonyl (C=O) groups excluding carboxylic acids is 2. The molecular formula is C23H29N5O4. The van der Waals surface area contributed by atoms with Gasteiger partial charge in [0.2, 0.25) is 5.88 Å². The SMILES string of the molecule is C/C=C\c1ncnc(Oc2ccc(NC(=O)NC3CCCN(C(=O)OC)C3)c(C)c2)c1C. The Labute approximate surface area is 187 Å². The first-order valence-electron chi connectivity index (χ1n) is 10.5. The Kier molecular flexibility index (Phi) is 7.64. The van der Waals surface area contributed by atoms with Crippen molar-refractivity contribution in [3.63, 3.8) is 0 Å². The molecule has 1 saturated heterocycles. The van der Waals surface area contributed by atoms with E-state index in [9.17, 15) is 9.59 Å². The summed E-state index contributed by atoms with van der Waals surface area (Å²) in [6.07, 6.45) is 6.52. The lowest BCUT2D eigenvalue weighted by Gasteiger charge is -2.32. The second kappa shape index (κ2) is 10.6. The molecule has 170 valence electrons. The van der Waals surface area contributed by atoms with Gasteiger partial charge in [0, 0.05) is 30.4 Å². The zero-order chi connectivity index (χ0) is 23.1. The molecule has 1 unspecified atom stereocenters. The number of carbonyl (C=O) groups is 2. The van der Waals surface area contributed by atoms with E-state index < -0.39 is 0 Å². The number of rotatable bonds is 5. The first-order valence-corrected chi connectivity index (χ1v) is 10.5. The number of nitrogens with one attached hydrogen (secondary N) is 2. The fraction of sp³-hybridized carbons (Fsp3) is 0.391. The lowest BCUT2D eigenvalue weighted by Crippen LogP contribution is -2.50. The van der Waals surface area contributed by atoms with E-state index in [1.807, 2.05) is 39.0 Å². The van der Waals surface area contributed by atoms with Crippen molar-refractivity contribution >= 4 is 23.9 Å². The molecule has 3 amide bonds. The Hall–Kier alpha value is -3.62. The molecule has 0 aliphatic carbocycles. The molecule has 2 aromatic rings. The predicted octanol–water partition coefficient (Wildman–Crippen LogP) is 4.27. The average molecular weight is 440 g/mol.